The maximum absolute atomic E-state index is 5.71. The minimum atomic E-state index is -0.106. The molecule has 4 atom stereocenters. The van der Waals surface area contributed by atoms with Crippen molar-refractivity contribution in [1.29, 1.82) is 0 Å². The van der Waals surface area contributed by atoms with Crippen LogP contribution in [-0.2, 0) is 9.47 Å². The standard InChI is InChI=1S/C8H15BO2/c1-5-6(2)8(9)11-7(5)4-10-3/h5-8H,4H2,1-3H3. The van der Waals surface area contributed by atoms with Crippen LogP contribution in [0.1, 0.15) is 13.8 Å². The van der Waals surface area contributed by atoms with Gasteiger partial charge in [-0.1, -0.05) is 13.8 Å². The molecule has 2 radical (unpaired) electrons. The molecule has 1 saturated heterocycles. The van der Waals surface area contributed by atoms with E-state index in [-0.39, 0.29) is 12.1 Å². The van der Waals surface area contributed by atoms with E-state index in [1.54, 1.807) is 7.11 Å². The van der Waals surface area contributed by atoms with Gasteiger partial charge in [0.25, 0.3) is 0 Å². The Balaban J connectivity index is 2.45. The van der Waals surface area contributed by atoms with Crippen LogP contribution in [0, 0.1) is 11.8 Å². The van der Waals surface area contributed by atoms with E-state index in [1.807, 2.05) is 0 Å². The minimum Gasteiger partial charge on any atom is -0.382 e. The lowest BCUT2D eigenvalue weighted by Crippen LogP contribution is -2.21. The van der Waals surface area contributed by atoms with Gasteiger partial charge in [0.1, 0.15) is 7.85 Å². The van der Waals surface area contributed by atoms with Gasteiger partial charge in [-0.25, -0.2) is 0 Å². The van der Waals surface area contributed by atoms with Crippen LogP contribution in [0.5, 0.6) is 0 Å². The second-order valence-electron chi connectivity index (χ2n) is 3.31. The Kier molecular flexibility index (Phi) is 2.96. The van der Waals surface area contributed by atoms with Crippen LogP contribution in [0.15, 0.2) is 0 Å². The van der Waals surface area contributed by atoms with E-state index >= 15 is 0 Å². The van der Waals surface area contributed by atoms with E-state index in [1.165, 1.54) is 0 Å². The largest absolute Gasteiger partial charge is 0.382 e. The van der Waals surface area contributed by atoms with E-state index in [0.717, 1.165) is 0 Å². The average molecular weight is 154 g/mol. The summed E-state index contributed by atoms with van der Waals surface area (Å²) in [6, 6.07) is -0.106. The summed E-state index contributed by atoms with van der Waals surface area (Å²) in [5.41, 5.74) is 0. The quantitative estimate of drug-likeness (QED) is 0.547. The molecular formula is C8H15BO2. The lowest BCUT2D eigenvalue weighted by atomic mass is 9.82. The van der Waals surface area contributed by atoms with Crippen LogP contribution in [0.4, 0.5) is 0 Å². The highest BCUT2D eigenvalue weighted by molar-refractivity contribution is 6.11. The predicted molar refractivity (Wildman–Crippen MR) is 44.6 cm³/mol. The molecule has 0 aromatic heterocycles. The second-order valence-corrected chi connectivity index (χ2v) is 3.31. The fraction of sp³-hybridized carbons (Fsp3) is 1.00. The zero-order chi connectivity index (χ0) is 8.43. The highest BCUT2D eigenvalue weighted by atomic mass is 16.5. The van der Waals surface area contributed by atoms with Crippen molar-refractivity contribution < 1.29 is 9.47 Å². The average Bonchev–Trinajstić information content (AvgIpc) is 2.19. The van der Waals surface area contributed by atoms with E-state index in [4.69, 9.17) is 17.3 Å². The van der Waals surface area contributed by atoms with Gasteiger partial charge in [0, 0.05) is 13.1 Å². The SMILES string of the molecule is [B]C1OC(COC)C(C)C1C. The third-order valence-electron chi connectivity index (χ3n) is 2.60. The molecule has 4 unspecified atom stereocenters. The van der Waals surface area contributed by atoms with Crippen molar-refractivity contribution in [2.75, 3.05) is 13.7 Å². The summed E-state index contributed by atoms with van der Waals surface area (Å²) < 4.78 is 10.5. The molecule has 11 heavy (non-hydrogen) atoms. The summed E-state index contributed by atoms with van der Waals surface area (Å²) in [7, 11) is 7.40. The molecule has 0 aromatic carbocycles. The van der Waals surface area contributed by atoms with E-state index in [9.17, 15) is 0 Å². The zero-order valence-corrected chi connectivity index (χ0v) is 7.41. The van der Waals surface area contributed by atoms with Gasteiger partial charge in [0.15, 0.2) is 0 Å². The molecule has 0 saturated carbocycles. The predicted octanol–water partition coefficient (Wildman–Crippen LogP) is 0.798. The Labute approximate surface area is 69.7 Å². The van der Waals surface area contributed by atoms with Crippen LogP contribution < -0.4 is 0 Å². The van der Waals surface area contributed by atoms with Gasteiger partial charge in [0.05, 0.1) is 12.7 Å². The molecule has 3 heteroatoms. The first-order chi connectivity index (χ1) is 5.16. The summed E-state index contributed by atoms with van der Waals surface area (Å²) >= 11 is 0. The van der Waals surface area contributed by atoms with Gasteiger partial charge in [-0.05, 0) is 11.8 Å². The molecule has 1 rings (SSSR count). The van der Waals surface area contributed by atoms with Crippen LogP contribution in [0.25, 0.3) is 0 Å². The first-order valence-electron chi connectivity index (χ1n) is 4.06. The molecular weight excluding hydrogens is 139 g/mol. The molecule has 1 fully saturated rings. The van der Waals surface area contributed by atoms with Crippen LogP contribution in [0.2, 0.25) is 0 Å². The summed E-state index contributed by atoms with van der Waals surface area (Å²) in [4.78, 5) is 0. The fourth-order valence-corrected chi connectivity index (χ4v) is 1.44. The molecule has 1 aliphatic heterocycles. The molecule has 0 aromatic rings. The summed E-state index contributed by atoms with van der Waals surface area (Å²) in [6.07, 6.45) is 0.185. The number of hydrogen-bond acceptors (Lipinski definition) is 2. The molecule has 1 heterocycles. The Hall–Kier alpha value is -0.0151. The van der Waals surface area contributed by atoms with Crippen molar-refractivity contribution in [2.45, 2.75) is 26.0 Å². The molecule has 2 nitrogen and oxygen atoms in total. The van der Waals surface area contributed by atoms with Gasteiger partial charge in [-0.3, -0.25) is 0 Å². The third-order valence-corrected chi connectivity index (χ3v) is 2.60. The second kappa shape index (κ2) is 3.59. The number of rotatable bonds is 2. The number of hydrogen-bond donors (Lipinski definition) is 0. The minimum absolute atomic E-state index is 0.106. The number of ether oxygens (including phenoxy) is 2. The number of methoxy groups -OCH3 is 1. The van der Waals surface area contributed by atoms with Crippen molar-refractivity contribution in [3.8, 4) is 0 Å². The van der Waals surface area contributed by atoms with Crippen LogP contribution >= 0.6 is 0 Å². The lowest BCUT2D eigenvalue weighted by molar-refractivity contribution is 0.0116. The summed E-state index contributed by atoms with van der Waals surface area (Å²) in [6.45, 7) is 4.92. The van der Waals surface area contributed by atoms with Crippen LogP contribution in [0.3, 0.4) is 0 Å². The maximum atomic E-state index is 5.71. The molecule has 0 spiro atoms. The van der Waals surface area contributed by atoms with Crippen molar-refractivity contribution in [3.05, 3.63) is 0 Å². The Bertz CT molecular complexity index is 129. The highest BCUT2D eigenvalue weighted by Crippen LogP contribution is 2.30. The first-order valence-corrected chi connectivity index (χ1v) is 4.06. The molecule has 0 N–H and O–H groups in total. The monoisotopic (exact) mass is 154 g/mol. The van der Waals surface area contributed by atoms with Gasteiger partial charge >= 0.3 is 0 Å². The van der Waals surface area contributed by atoms with Gasteiger partial charge in [-0.15, -0.1) is 0 Å². The smallest absolute Gasteiger partial charge is 0.109 e. The van der Waals surface area contributed by atoms with E-state index in [2.05, 4.69) is 13.8 Å². The lowest BCUT2D eigenvalue weighted by Gasteiger charge is -2.14. The molecule has 0 bridgehead atoms. The van der Waals surface area contributed by atoms with Gasteiger partial charge < -0.3 is 9.47 Å². The topological polar surface area (TPSA) is 18.5 Å². The van der Waals surface area contributed by atoms with E-state index < -0.39 is 0 Å². The Morgan fingerprint density at radius 1 is 1.36 bits per heavy atom. The normalized spacial score (nSPS) is 44.6. The Morgan fingerprint density at radius 2 is 2.00 bits per heavy atom. The van der Waals surface area contributed by atoms with Crippen molar-refractivity contribution in [2.24, 2.45) is 11.8 Å². The highest BCUT2D eigenvalue weighted by Gasteiger charge is 2.35. The van der Waals surface area contributed by atoms with E-state index in [0.29, 0.717) is 18.4 Å². The van der Waals surface area contributed by atoms with Crippen molar-refractivity contribution >= 4 is 7.85 Å². The summed E-state index contributed by atoms with van der Waals surface area (Å²) in [5.74, 6) is 0.945. The van der Waals surface area contributed by atoms with Gasteiger partial charge in [-0.2, -0.15) is 0 Å². The Morgan fingerprint density at radius 3 is 2.36 bits per heavy atom. The summed E-state index contributed by atoms with van der Waals surface area (Å²) in [5, 5.41) is 0. The van der Waals surface area contributed by atoms with Gasteiger partial charge in [0.2, 0.25) is 0 Å². The fourth-order valence-electron chi connectivity index (χ4n) is 1.44. The zero-order valence-electron chi connectivity index (χ0n) is 7.41. The maximum Gasteiger partial charge on any atom is 0.109 e. The third kappa shape index (κ3) is 1.77. The van der Waals surface area contributed by atoms with Crippen molar-refractivity contribution in [1.82, 2.24) is 0 Å². The first kappa shape index (κ1) is 9.08. The van der Waals surface area contributed by atoms with Crippen LogP contribution in [-0.4, -0.2) is 33.7 Å². The molecule has 0 amide bonds. The van der Waals surface area contributed by atoms with Crippen molar-refractivity contribution in [3.63, 3.8) is 0 Å². The molecule has 1 aliphatic rings. The molecule has 62 valence electrons. The molecule has 0 aliphatic carbocycles.